The van der Waals surface area contributed by atoms with E-state index < -0.39 is 99.3 Å². The Hall–Kier alpha value is -2.54. The van der Waals surface area contributed by atoms with Crippen molar-refractivity contribution >= 4 is 11.9 Å². The normalized spacial score (nSPS) is 26.3. The molecule has 0 aliphatic carbocycles. The zero-order valence-corrected chi connectivity index (χ0v) is 40.9. The van der Waals surface area contributed by atoms with Crippen molar-refractivity contribution < 1.29 is 73.8 Å². The van der Waals surface area contributed by atoms with Gasteiger partial charge in [-0.15, -0.1) is 0 Å². The van der Waals surface area contributed by atoms with Gasteiger partial charge in [0, 0.05) is 12.8 Å². The number of rotatable bonds is 39. The predicted octanol–water partition coefficient (Wildman–Crippen LogP) is 7.10. The Morgan fingerprint density at radius 1 is 0.493 bits per heavy atom. The summed E-state index contributed by atoms with van der Waals surface area (Å²) in [7, 11) is 0. The number of hydrogen-bond donors (Lipinski definition) is 7. The van der Waals surface area contributed by atoms with Crippen LogP contribution >= 0.6 is 0 Å². The molecular formula is C52H90O15. The van der Waals surface area contributed by atoms with Crippen molar-refractivity contribution in [2.24, 2.45) is 0 Å². The van der Waals surface area contributed by atoms with Crippen molar-refractivity contribution in [3.05, 3.63) is 48.6 Å². The molecule has 0 aromatic rings. The maximum atomic E-state index is 13.0. The number of carbonyl (C=O) groups excluding carboxylic acids is 2. The van der Waals surface area contributed by atoms with Crippen LogP contribution in [0.3, 0.4) is 0 Å². The van der Waals surface area contributed by atoms with Gasteiger partial charge in [0.2, 0.25) is 0 Å². The van der Waals surface area contributed by atoms with Gasteiger partial charge in [-0.25, -0.2) is 0 Å². The van der Waals surface area contributed by atoms with Crippen LogP contribution in [0.1, 0.15) is 174 Å². The molecule has 15 nitrogen and oxygen atoms in total. The molecular weight excluding hydrogens is 865 g/mol. The topological polar surface area (TPSA) is 231 Å². The molecule has 11 atom stereocenters. The molecule has 0 bridgehead atoms. The van der Waals surface area contributed by atoms with E-state index >= 15 is 0 Å². The lowest BCUT2D eigenvalue weighted by atomic mass is 9.98. The molecule has 2 aliphatic rings. The summed E-state index contributed by atoms with van der Waals surface area (Å²) in [5.41, 5.74) is 0. The molecule has 0 aromatic heterocycles. The minimum Gasteiger partial charge on any atom is -0.462 e. The molecule has 0 amide bonds. The van der Waals surface area contributed by atoms with Gasteiger partial charge in [-0.2, -0.15) is 0 Å². The van der Waals surface area contributed by atoms with E-state index in [1.54, 1.807) is 0 Å². The smallest absolute Gasteiger partial charge is 0.306 e. The van der Waals surface area contributed by atoms with Gasteiger partial charge in [0.05, 0.1) is 19.8 Å². The van der Waals surface area contributed by atoms with Gasteiger partial charge in [-0.1, -0.05) is 159 Å². The molecule has 15 heteroatoms. The Balaban J connectivity index is 1.82. The van der Waals surface area contributed by atoms with E-state index in [1.807, 2.05) is 0 Å². The maximum absolute atomic E-state index is 13.0. The first-order valence-corrected chi connectivity index (χ1v) is 25.7. The number of esters is 2. The summed E-state index contributed by atoms with van der Waals surface area (Å²) in [6, 6.07) is 0. The Kier molecular flexibility index (Phi) is 35.5. The fourth-order valence-corrected chi connectivity index (χ4v) is 7.85. The lowest BCUT2D eigenvalue weighted by molar-refractivity contribution is -0.332. The van der Waals surface area contributed by atoms with E-state index in [1.165, 1.54) is 77.0 Å². The zero-order valence-electron chi connectivity index (χ0n) is 40.9. The van der Waals surface area contributed by atoms with Gasteiger partial charge in [-0.05, 0) is 51.4 Å². The summed E-state index contributed by atoms with van der Waals surface area (Å²) in [6.45, 7) is 2.43. The number of hydrogen-bond acceptors (Lipinski definition) is 15. The Morgan fingerprint density at radius 2 is 0.940 bits per heavy atom. The highest BCUT2D eigenvalue weighted by Crippen LogP contribution is 2.26. The van der Waals surface area contributed by atoms with Gasteiger partial charge in [0.25, 0.3) is 0 Å². The number of allylic oxidation sites excluding steroid dienone is 8. The van der Waals surface area contributed by atoms with Gasteiger partial charge in [0.15, 0.2) is 18.7 Å². The average molecular weight is 955 g/mol. The molecule has 7 N–H and O–H groups in total. The second-order valence-electron chi connectivity index (χ2n) is 18.0. The van der Waals surface area contributed by atoms with Crippen molar-refractivity contribution in [1.82, 2.24) is 0 Å². The first kappa shape index (κ1) is 60.6. The van der Waals surface area contributed by atoms with Crippen molar-refractivity contribution in [2.75, 3.05) is 26.4 Å². The van der Waals surface area contributed by atoms with Crippen LogP contribution in [0.5, 0.6) is 0 Å². The van der Waals surface area contributed by atoms with E-state index in [0.29, 0.717) is 12.8 Å². The standard InChI is InChI=1S/C52H90O15/c1-3-5-7-9-11-13-15-17-19-21-22-24-26-28-30-32-34-43(54)62-37-40(65-44(55)35-33-31-29-27-25-23-20-18-16-14-12-10-8-6-4-2)38-63-51-50(61)48(59)46(57)42(67-51)39-64-52-49(60)47(58)45(56)41(36-53)66-52/h6,8,12,14,18,20,25,27,40-42,45-53,56-61H,3-5,7,9-11,13,15-17,19,21-24,26,28-39H2,1-2H3/b8-6-,14-12-,20-18-,27-25-. The summed E-state index contributed by atoms with van der Waals surface area (Å²) in [6.07, 6.45) is 25.7. The SMILES string of the molecule is CC/C=C\C/C=C\C/C=C\C/C=C\CCCCC(=O)OC(COC(=O)CCCCCCCCCCCCCCCCCC)COC1OC(COC2OC(CO)C(O)C(O)C2O)C(O)C(O)C1O. The first-order chi connectivity index (χ1) is 32.5. The van der Waals surface area contributed by atoms with Crippen LogP contribution in [-0.2, 0) is 38.0 Å². The first-order valence-electron chi connectivity index (χ1n) is 25.7. The summed E-state index contributed by atoms with van der Waals surface area (Å²) >= 11 is 0. The van der Waals surface area contributed by atoms with Crippen LogP contribution < -0.4 is 0 Å². The Morgan fingerprint density at radius 3 is 1.48 bits per heavy atom. The zero-order chi connectivity index (χ0) is 48.9. The number of ether oxygens (including phenoxy) is 6. The molecule has 2 heterocycles. The number of carbonyl (C=O) groups is 2. The second kappa shape index (κ2) is 39.2. The third-order valence-electron chi connectivity index (χ3n) is 12.1. The monoisotopic (exact) mass is 955 g/mol. The number of aliphatic hydroxyl groups is 7. The van der Waals surface area contributed by atoms with Crippen LogP contribution in [0.2, 0.25) is 0 Å². The largest absolute Gasteiger partial charge is 0.462 e. The summed E-state index contributed by atoms with van der Waals surface area (Å²) in [4.78, 5) is 25.7. The molecule has 388 valence electrons. The minimum absolute atomic E-state index is 0.113. The van der Waals surface area contributed by atoms with Gasteiger partial charge >= 0.3 is 11.9 Å². The quantitative estimate of drug-likeness (QED) is 0.0185. The third-order valence-corrected chi connectivity index (χ3v) is 12.1. The molecule has 2 rings (SSSR count). The molecule has 0 aromatic carbocycles. The van der Waals surface area contributed by atoms with Crippen LogP contribution in [-0.4, -0.2) is 142 Å². The summed E-state index contributed by atoms with van der Waals surface area (Å²) < 4.78 is 33.5. The Bertz CT molecular complexity index is 1350. The highest BCUT2D eigenvalue weighted by Gasteiger charge is 2.47. The Labute approximate surface area is 401 Å². The van der Waals surface area contributed by atoms with Crippen LogP contribution in [0.4, 0.5) is 0 Å². The number of unbranched alkanes of at least 4 members (excludes halogenated alkanes) is 17. The molecule has 2 fully saturated rings. The summed E-state index contributed by atoms with van der Waals surface area (Å²) in [5.74, 6) is -0.971. The molecule has 0 radical (unpaired) electrons. The second-order valence-corrected chi connectivity index (χ2v) is 18.0. The van der Waals surface area contributed by atoms with Crippen LogP contribution in [0.25, 0.3) is 0 Å². The van der Waals surface area contributed by atoms with Crippen molar-refractivity contribution in [1.29, 1.82) is 0 Å². The highest BCUT2D eigenvalue weighted by atomic mass is 16.7. The fraction of sp³-hybridized carbons (Fsp3) is 0.808. The summed E-state index contributed by atoms with van der Waals surface area (Å²) in [5, 5.41) is 72.0. The molecule has 0 spiro atoms. The lowest BCUT2D eigenvalue weighted by Gasteiger charge is -2.42. The lowest BCUT2D eigenvalue weighted by Crippen LogP contribution is -2.61. The predicted molar refractivity (Wildman–Crippen MR) is 257 cm³/mol. The van der Waals surface area contributed by atoms with Crippen LogP contribution in [0, 0.1) is 0 Å². The molecule has 11 unspecified atom stereocenters. The van der Waals surface area contributed by atoms with Gasteiger partial charge in [-0.3, -0.25) is 9.59 Å². The van der Waals surface area contributed by atoms with E-state index in [4.69, 9.17) is 28.4 Å². The van der Waals surface area contributed by atoms with Crippen molar-refractivity contribution in [3.8, 4) is 0 Å². The average Bonchev–Trinajstić information content (AvgIpc) is 3.32. The fourth-order valence-electron chi connectivity index (χ4n) is 7.85. The van der Waals surface area contributed by atoms with Gasteiger partial charge in [0.1, 0.15) is 55.4 Å². The maximum Gasteiger partial charge on any atom is 0.306 e. The van der Waals surface area contributed by atoms with E-state index in [9.17, 15) is 45.3 Å². The third kappa shape index (κ3) is 27.4. The minimum atomic E-state index is -1.77. The highest BCUT2D eigenvalue weighted by molar-refractivity contribution is 5.70. The van der Waals surface area contributed by atoms with E-state index in [-0.39, 0.29) is 19.4 Å². The van der Waals surface area contributed by atoms with Crippen LogP contribution in [0.15, 0.2) is 48.6 Å². The van der Waals surface area contributed by atoms with Gasteiger partial charge < -0.3 is 64.2 Å². The van der Waals surface area contributed by atoms with E-state index in [0.717, 1.165) is 57.8 Å². The molecule has 67 heavy (non-hydrogen) atoms. The molecule has 0 saturated carbocycles. The van der Waals surface area contributed by atoms with Crippen molar-refractivity contribution in [2.45, 2.75) is 242 Å². The molecule has 2 saturated heterocycles. The number of aliphatic hydroxyl groups excluding tert-OH is 7. The molecule has 2 aliphatic heterocycles. The van der Waals surface area contributed by atoms with E-state index in [2.05, 4.69) is 62.5 Å². The van der Waals surface area contributed by atoms with Crippen molar-refractivity contribution in [3.63, 3.8) is 0 Å².